The van der Waals surface area contributed by atoms with Gasteiger partial charge >= 0.3 is 5.97 Å². The minimum absolute atomic E-state index is 0.0571. The number of nitrogens with two attached hydrogens (primary N) is 1. The van der Waals surface area contributed by atoms with Crippen LogP contribution in [0.4, 0.5) is 5.69 Å². The molecule has 0 bridgehead atoms. The van der Waals surface area contributed by atoms with E-state index in [0.717, 1.165) is 36.1 Å². The highest BCUT2D eigenvalue weighted by molar-refractivity contribution is 5.81. The number of piperidine rings is 1. The molecule has 0 aliphatic carbocycles. The summed E-state index contributed by atoms with van der Waals surface area (Å²) in [4.78, 5) is 23.9. The van der Waals surface area contributed by atoms with Crippen LogP contribution in [0.2, 0.25) is 0 Å². The molecule has 2 unspecified atom stereocenters. The number of carbonyl (C=O) groups is 2. The molecule has 1 fully saturated rings. The number of nitrogens with zero attached hydrogens (tertiary/aromatic N) is 2. The summed E-state index contributed by atoms with van der Waals surface area (Å²) in [7, 11) is 1.33. The third-order valence-corrected chi connectivity index (χ3v) is 5.60. The average Bonchev–Trinajstić information content (AvgIpc) is 3.07. The van der Waals surface area contributed by atoms with E-state index in [9.17, 15) is 9.59 Å². The van der Waals surface area contributed by atoms with Gasteiger partial charge in [0, 0.05) is 0 Å². The Labute approximate surface area is 170 Å². The summed E-state index contributed by atoms with van der Waals surface area (Å²) >= 11 is 0. The van der Waals surface area contributed by atoms with Crippen molar-refractivity contribution in [3.63, 3.8) is 0 Å². The van der Waals surface area contributed by atoms with Gasteiger partial charge in [-0.05, 0) is 36.5 Å². The average molecular weight is 395 g/mol. The van der Waals surface area contributed by atoms with Crippen molar-refractivity contribution in [2.24, 2.45) is 5.73 Å². The van der Waals surface area contributed by atoms with Crippen molar-refractivity contribution in [1.29, 1.82) is 0 Å². The molecule has 2 aliphatic rings. The van der Waals surface area contributed by atoms with Gasteiger partial charge in [-0.1, -0.05) is 42.5 Å². The second-order valence-corrected chi connectivity index (χ2v) is 7.35. The lowest BCUT2D eigenvalue weighted by molar-refractivity contribution is -0.142. The standard InChI is InChI=1S/C22H25N3O4/c1-28-20(26)14-29-19-12-5-9-16-17-10-6-11-18(22(23)27)25(17)24(21(16)19)13-15-7-3-2-4-8-15/h2-5,7-9,12,17-18H,6,10-11,13-14H2,1H3,(H2,23,27). The number of anilines is 1. The first-order valence-corrected chi connectivity index (χ1v) is 9.81. The van der Waals surface area contributed by atoms with Gasteiger partial charge in [0.2, 0.25) is 5.91 Å². The Kier molecular flexibility index (Phi) is 5.40. The van der Waals surface area contributed by atoms with Crippen molar-refractivity contribution in [2.75, 3.05) is 18.7 Å². The first kappa shape index (κ1) is 19.3. The summed E-state index contributed by atoms with van der Waals surface area (Å²) < 4.78 is 10.5. The van der Waals surface area contributed by atoms with Crippen LogP contribution in [0.15, 0.2) is 48.5 Å². The van der Waals surface area contributed by atoms with Crippen LogP contribution in [0.25, 0.3) is 0 Å². The summed E-state index contributed by atoms with van der Waals surface area (Å²) in [6.07, 6.45) is 2.59. The number of amides is 1. The van der Waals surface area contributed by atoms with Crippen LogP contribution < -0.4 is 15.5 Å². The number of carbonyl (C=O) groups excluding carboxylic acids is 2. The fourth-order valence-corrected chi connectivity index (χ4v) is 4.32. The molecule has 0 radical (unpaired) electrons. The maximum atomic E-state index is 12.2. The van der Waals surface area contributed by atoms with E-state index < -0.39 is 5.97 Å². The van der Waals surface area contributed by atoms with E-state index in [1.165, 1.54) is 7.11 Å². The smallest absolute Gasteiger partial charge is 0.343 e. The SMILES string of the molecule is COC(=O)COc1cccc2c1N(Cc1ccccc1)N1C(C(N)=O)CCCC21. The molecule has 1 amide bonds. The number of hydrogen-bond acceptors (Lipinski definition) is 6. The quantitative estimate of drug-likeness (QED) is 0.757. The Balaban J connectivity index is 1.76. The van der Waals surface area contributed by atoms with Gasteiger partial charge < -0.3 is 15.2 Å². The summed E-state index contributed by atoms with van der Waals surface area (Å²) in [6, 6.07) is 15.6. The molecular formula is C22H25N3O4. The zero-order chi connectivity index (χ0) is 20.4. The van der Waals surface area contributed by atoms with Crippen LogP contribution in [0.3, 0.4) is 0 Å². The van der Waals surface area contributed by atoms with Crippen molar-refractivity contribution >= 4 is 17.6 Å². The highest BCUT2D eigenvalue weighted by Crippen LogP contribution is 2.51. The van der Waals surface area contributed by atoms with Crippen LogP contribution in [0.5, 0.6) is 5.75 Å². The fourth-order valence-electron chi connectivity index (χ4n) is 4.32. The first-order chi connectivity index (χ1) is 14.1. The topological polar surface area (TPSA) is 85.1 Å². The third kappa shape index (κ3) is 3.65. The van der Waals surface area contributed by atoms with Crippen LogP contribution in [-0.2, 0) is 20.9 Å². The van der Waals surface area contributed by atoms with E-state index in [0.29, 0.717) is 12.3 Å². The molecule has 4 rings (SSSR count). The van der Waals surface area contributed by atoms with Crippen molar-refractivity contribution in [3.05, 3.63) is 59.7 Å². The van der Waals surface area contributed by atoms with E-state index in [1.807, 2.05) is 42.5 Å². The summed E-state index contributed by atoms with van der Waals surface area (Å²) in [5, 5.41) is 4.20. The number of hydrazine groups is 1. The monoisotopic (exact) mass is 395 g/mol. The molecule has 0 aromatic heterocycles. The van der Waals surface area contributed by atoms with E-state index >= 15 is 0 Å². The number of ether oxygens (including phenoxy) is 2. The second kappa shape index (κ2) is 8.13. The number of esters is 1. The second-order valence-electron chi connectivity index (χ2n) is 7.35. The molecule has 2 atom stereocenters. The van der Waals surface area contributed by atoms with Gasteiger partial charge in [0.15, 0.2) is 6.61 Å². The predicted molar refractivity (Wildman–Crippen MR) is 108 cm³/mol. The number of hydrogen-bond donors (Lipinski definition) is 1. The third-order valence-electron chi connectivity index (χ3n) is 5.60. The lowest BCUT2D eigenvalue weighted by Crippen LogP contribution is -2.54. The number of benzene rings is 2. The van der Waals surface area contributed by atoms with Gasteiger partial charge in [0.25, 0.3) is 0 Å². The van der Waals surface area contributed by atoms with Crippen molar-refractivity contribution in [3.8, 4) is 5.75 Å². The minimum atomic E-state index is -0.442. The lowest BCUT2D eigenvalue weighted by Gasteiger charge is -2.41. The Bertz CT molecular complexity index is 902. The molecule has 0 spiro atoms. The molecule has 2 aromatic carbocycles. The van der Waals surface area contributed by atoms with Crippen molar-refractivity contribution in [2.45, 2.75) is 37.9 Å². The lowest BCUT2D eigenvalue weighted by atomic mass is 9.93. The number of methoxy groups -OCH3 is 1. The van der Waals surface area contributed by atoms with Crippen LogP contribution in [0.1, 0.15) is 36.4 Å². The van der Waals surface area contributed by atoms with Gasteiger partial charge in [-0.15, -0.1) is 0 Å². The van der Waals surface area contributed by atoms with Gasteiger partial charge in [-0.2, -0.15) is 0 Å². The van der Waals surface area contributed by atoms with E-state index in [-0.39, 0.29) is 24.6 Å². The van der Waals surface area contributed by atoms with Crippen LogP contribution in [-0.4, -0.2) is 36.6 Å². The van der Waals surface area contributed by atoms with Gasteiger partial charge in [0.05, 0.1) is 25.4 Å². The molecule has 2 heterocycles. The predicted octanol–water partition coefficient (Wildman–Crippen LogP) is 2.55. The fraction of sp³-hybridized carbons (Fsp3) is 0.364. The summed E-state index contributed by atoms with van der Waals surface area (Å²) in [6.45, 7) is 0.406. The normalized spacial score (nSPS) is 20.7. The largest absolute Gasteiger partial charge is 0.480 e. The molecule has 1 saturated heterocycles. The Morgan fingerprint density at radius 2 is 1.90 bits per heavy atom. The number of para-hydroxylation sites is 1. The first-order valence-electron chi connectivity index (χ1n) is 9.81. The van der Waals surface area contributed by atoms with Crippen LogP contribution in [0, 0.1) is 0 Å². The Morgan fingerprint density at radius 1 is 1.10 bits per heavy atom. The molecular weight excluding hydrogens is 370 g/mol. The highest BCUT2D eigenvalue weighted by Gasteiger charge is 2.46. The molecule has 2 aliphatic heterocycles. The highest BCUT2D eigenvalue weighted by atomic mass is 16.6. The number of fused-ring (bicyclic) bond motifs is 3. The van der Waals surface area contributed by atoms with Gasteiger partial charge in [-0.3, -0.25) is 9.80 Å². The maximum Gasteiger partial charge on any atom is 0.343 e. The Hall–Kier alpha value is -3.06. The number of rotatable bonds is 6. The van der Waals surface area contributed by atoms with E-state index in [1.54, 1.807) is 0 Å². The van der Waals surface area contributed by atoms with Crippen LogP contribution >= 0.6 is 0 Å². The molecule has 7 heteroatoms. The zero-order valence-electron chi connectivity index (χ0n) is 16.4. The van der Waals surface area contributed by atoms with Gasteiger partial charge in [0.1, 0.15) is 11.8 Å². The molecule has 2 N–H and O–H groups in total. The Morgan fingerprint density at radius 3 is 2.62 bits per heavy atom. The van der Waals surface area contributed by atoms with Gasteiger partial charge in [-0.25, -0.2) is 9.80 Å². The zero-order valence-corrected chi connectivity index (χ0v) is 16.4. The van der Waals surface area contributed by atoms with E-state index in [2.05, 4.69) is 16.1 Å². The summed E-state index contributed by atoms with van der Waals surface area (Å²) in [5.41, 5.74) is 8.85. The molecule has 7 nitrogen and oxygen atoms in total. The van der Waals surface area contributed by atoms with Crippen molar-refractivity contribution in [1.82, 2.24) is 5.01 Å². The van der Waals surface area contributed by atoms with E-state index in [4.69, 9.17) is 15.2 Å². The number of primary amides is 1. The molecule has 152 valence electrons. The molecule has 0 saturated carbocycles. The maximum absolute atomic E-state index is 12.2. The summed E-state index contributed by atoms with van der Waals surface area (Å²) in [5.74, 6) is -0.165. The minimum Gasteiger partial charge on any atom is -0.480 e. The van der Waals surface area contributed by atoms with Crippen molar-refractivity contribution < 1.29 is 19.1 Å². The molecule has 2 aromatic rings. The molecule has 29 heavy (non-hydrogen) atoms.